The third-order valence-electron chi connectivity index (χ3n) is 0. The fourth-order valence-electron chi connectivity index (χ4n) is 0. The van der Waals surface area contributed by atoms with Crippen LogP contribution in [0.4, 0.5) is 0 Å². The SMILES string of the molecule is [As].[Ge].[S]=[Ga]. The van der Waals surface area contributed by atoms with Crippen molar-refractivity contribution in [2.24, 2.45) is 0 Å². The van der Waals surface area contributed by atoms with E-state index in [1.807, 2.05) is 0 Å². The summed E-state index contributed by atoms with van der Waals surface area (Å²) in [4.78, 5) is 0. The molecule has 0 fully saturated rings. The Morgan fingerprint density at radius 2 is 1.25 bits per heavy atom. The first kappa shape index (κ1) is 16.7. The molecule has 4 heteroatoms. The molecule has 0 aliphatic rings. The Bertz CT molecular complexity index is 8.00. The molecule has 0 aromatic carbocycles. The molecule has 0 aliphatic heterocycles. The van der Waals surface area contributed by atoms with Gasteiger partial charge in [0.15, 0.2) is 0 Å². The molecular weight excluding hydrogens is 249 g/mol. The van der Waals surface area contributed by atoms with Gasteiger partial charge in [-0.05, 0) is 0 Å². The Hall–Kier alpha value is 1.96. The molecule has 0 nitrogen and oxygen atoms in total. The van der Waals surface area contributed by atoms with E-state index in [0.29, 0.717) is 0 Å². The zero-order valence-electron chi connectivity index (χ0n) is 1.93. The topological polar surface area (TPSA) is 0 Å². The van der Waals surface area contributed by atoms with Crippen LogP contribution in [0.5, 0.6) is 0 Å². The molecule has 0 saturated carbocycles. The van der Waals surface area contributed by atoms with Gasteiger partial charge in [-0.15, -0.1) is 0 Å². The second kappa shape index (κ2) is 20.3. The first-order valence-corrected chi connectivity index (χ1v) is 3.67. The molecular formula is AsGaGeS. The Morgan fingerprint density at radius 3 is 1.25 bits per heavy atom. The van der Waals surface area contributed by atoms with E-state index in [2.05, 4.69) is 10.1 Å². The van der Waals surface area contributed by atoms with Crippen molar-refractivity contribution in [1.29, 1.82) is 0 Å². The van der Waals surface area contributed by atoms with Crippen molar-refractivity contribution in [3.05, 3.63) is 0 Å². The van der Waals surface area contributed by atoms with E-state index < -0.39 is 0 Å². The Morgan fingerprint density at radius 1 is 1.25 bits per heavy atom. The Kier molecular flexibility index (Phi) is 84.8. The minimum absolute atomic E-state index is 0. The van der Waals surface area contributed by atoms with Crippen LogP contribution in [0.15, 0.2) is 0 Å². The van der Waals surface area contributed by atoms with Crippen LogP contribution in [-0.4, -0.2) is 52.4 Å². The molecule has 0 aliphatic carbocycles. The van der Waals surface area contributed by atoms with Gasteiger partial charge in [0.1, 0.15) is 0 Å². The van der Waals surface area contributed by atoms with E-state index in [0.717, 1.165) is 0 Å². The molecule has 4 heavy (non-hydrogen) atoms. The maximum absolute atomic E-state index is 4.15. The first-order chi connectivity index (χ1) is 1.00. The average Bonchev–Trinajstić information content (AvgIpc) is 1.00. The van der Waals surface area contributed by atoms with Crippen molar-refractivity contribution in [1.82, 2.24) is 0 Å². The molecule has 0 aromatic heterocycles. The van der Waals surface area contributed by atoms with Crippen molar-refractivity contribution < 1.29 is 0 Å². The van der Waals surface area contributed by atoms with Gasteiger partial charge in [-0.2, -0.15) is 0 Å². The Balaban J connectivity index is -0.00000000500. The van der Waals surface area contributed by atoms with E-state index in [-0.39, 0.29) is 35.6 Å². The molecule has 0 bridgehead atoms. The summed E-state index contributed by atoms with van der Waals surface area (Å²) in [7, 11) is 4.15. The van der Waals surface area contributed by atoms with Crippen molar-refractivity contribution in [3.8, 4) is 0 Å². The summed E-state index contributed by atoms with van der Waals surface area (Å²) in [6, 6.07) is 0. The van der Waals surface area contributed by atoms with E-state index in [9.17, 15) is 0 Å². The molecule has 0 aromatic rings. The zero-order chi connectivity index (χ0) is 2.00. The quantitative estimate of drug-likeness (QED) is 0.522. The van der Waals surface area contributed by atoms with Gasteiger partial charge in [-0.25, -0.2) is 0 Å². The second-order valence-electron chi connectivity index (χ2n) is 0. The minimum atomic E-state index is 0. The van der Waals surface area contributed by atoms with Crippen molar-refractivity contribution in [2.45, 2.75) is 0 Å². The molecule has 0 atom stereocenters. The summed E-state index contributed by atoms with van der Waals surface area (Å²) in [5.41, 5.74) is 0. The van der Waals surface area contributed by atoms with Crippen LogP contribution in [0.25, 0.3) is 0 Å². The third kappa shape index (κ3) is 9.03. The molecule has 8 radical (unpaired) electrons. The van der Waals surface area contributed by atoms with Gasteiger partial charge in [-0.1, -0.05) is 0 Å². The van der Waals surface area contributed by atoms with E-state index >= 15 is 0 Å². The fraction of sp³-hybridized carbons (Fsp3) is 0. The normalized spacial score (nSPS) is 0.750. The molecule has 0 spiro atoms. The predicted molar refractivity (Wildman–Crippen MR) is 24.9 cm³/mol. The Labute approximate surface area is 61.9 Å². The summed E-state index contributed by atoms with van der Waals surface area (Å²) < 4.78 is 0. The number of hydrogen-bond acceptors (Lipinski definition) is 1. The summed E-state index contributed by atoms with van der Waals surface area (Å²) in [5.74, 6) is 0. The van der Waals surface area contributed by atoms with Crippen LogP contribution < -0.4 is 0 Å². The van der Waals surface area contributed by atoms with Crippen molar-refractivity contribution in [3.63, 3.8) is 0 Å². The molecule has 0 unspecified atom stereocenters. The van der Waals surface area contributed by atoms with Crippen LogP contribution in [0.1, 0.15) is 0 Å². The summed E-state index contributed by atoms with van der Waals surface area (Å²) >= 11 is 1.27. The first-order valence-electron chi connectivity index (χ1n) is 0.236. The van der Waals surface area contributed by atoms with Gasteiger partial charge in [0.2, 0.25) is 0 Å². The number of rotatable bonds is 0. The van der Waals surface area contributed by atoms with Gasteiger partial charge in [0.05, 0.1) is 0 Å². The summed E-state index contributed by atoms with van der Waals surface area (Å²) in [6.07, 6.45) is 0. The standard InChI is InChI=1S/As.Ga.Ge.S. The van der Waals surface area contributed by atoms with Crippen LogP contribution in [0.2, 0.25) is 0 Å². The van der Waals surface area contributed by atoms with Crippen LogP contribution in [0, 0.1) is 0 Å². The van der Waals surface area contributed by atoms with Crippen LogP contribution >= 0.6 is 10.1 Å². The molecule has 0 heterocycles. The van der Waals surface area contributed by atoms with Gasteiger partial charge >= 0.3 is 26.9 Å². The van der Waals surface area contributed by atoms with Gasteiger partial charge in [0, 0.05) is 35.6 Å². The molecule has 0 saturated heterocycles. The molecule has 0 N–H and O–H groups in total. The zero-order valence-corrected chi connectivity index (χ0v) is 9.15. The average molecular weight is 249 g/mol. The van der Waals surface area contributed by atoms with Crippen LogP contribution in [-0.2, 0) is 0 Å². The van der Waals surface area contributed by atoms with Crippen molar-refractivity contribution >= 4 is 62.4 Å². The predicted octanol–water partition coefficient (Wildman–Crippen LogP) is -0.494. The van der Waals surface area contributed by atoms with E-state index in [4.69, 9.17) is 0 Å². The summed E-state index contributed by atoms with van der Waals surface area (Å²) in [6.45, 7) is 0. The van der Waals surface area contributed by atoms with Gasteiger partial charge in [-0.3, -0.25) is 0 Å². The fourth-order valence-corrected chi connectivity index (χ4v) is 0. The van der Waals surface area contributed by atoms with Gasteiger partial charge in [0.25, 0.3) is 0 Å². The molecule has 18 valence electrons. The van der Waals surface area contributed by atoms with E-state index in [1.54, 1.807) is 0 Å². The monoisotopic (exact) mass is 250 g/mol. The molecule has 0 rings (SSSR count). The van der Waals surface area contributed by atoms with Crippen molar-refractivity contribution in [2.75, 3.05) is 0 Å². The summed E-state index contributed by atoms with van der Waals surface area (Å²) in [5, 5.41) is 0. The van der Waals surface area contributed by atoms with Gasteiger partial charge < -0.3 is 0 Å². The second-order valence-corrected chi connectivity index (χ2v) is 0. The van der Waals surface area contributed by atoms with E-state index in [1.165, 1.54) is 16.8 Å². The molecule has 0 amide bonds. The third-order valence-corrected chi connectivity index (χ3v) is 0. The van der Waals surface area contributed by atoms with Crippen LogP contribution in [0.3, 0.4) is 0 Å². The number of hydrogen-bond donors (Lipinski definition) is 0. The maximum atomic E-state index is 4.15.